The highest BCUT2D eigenvalue weighted by molar-refractivity contribution is 6.79. The van der Waals surface area contributed by atoms with Gasteiger partial charge in [-0.3, -0.25) is 0 Å². The van der Waals surface area contributed by atoms with E-state index in [9.17, 15) is 0 Å². The zero-order valence-electron chi connectivity index (χ0n) is 12.8. The highest BCUT2D eigenvalue weighted by Crippen LogP contribution is 2.29. The Morgan fingerprint density at radius 2 is 1.41 bits per heavy atom. The van der Waals surface area contributed by atoms with Crippen LogP contribution in [0.2, 0.25) is 24.2 Å². The van der Waals surface area contributed by atoms with Gasteiger partial charge in [-0.25, -0.2) is 0 Å². The Balaban J connectivity index is 3.81. The molecule has 0 aliphatic heterocycles. The van der Waals surface area contributed by atoms with E-state index >= 15 is 0 Å². The molecule has 0 N–H and O–H groups in total. The molecule has 0 aliphatic rings. The van der Waals surface area contributed by atoms with Crippen LogP contribution in [0.25, 0.3) is 0 Å². The monoisotopic (exact) mass is 254 g/mol. The van der Waals surface area contributed by atoms with Crippen LogP contribution in [0, 0.1) is 0 Å². The Labute approximate surface area is 111 Å². The van der Waals surface area contributed by atoms with E-state index < -0.39 is 8.07 Å². The van der Waals surface area contributed by atoms with Gasteiger partial charge in [-0.15, -0.1) is 0 Å². The Bertz CT molecular complexity index is 183. The first-order valence-electron chi connectivity index (χ1n) is 7.80. The Morgan fingerprint density at radius 1 is 0.824 bits per heavy atom. The molecule has 1 heteroatoms. The SMILES string of the molecule is C=C(CCCCCC)CC[Si](CC)(CC)CC. The van der Waals surface area contributed by atoms with E-state index in [-0.39, 0.29) is 0 Å². The van der Waals surface area contributed by atoms with Gasteiger partial charge in [0.1, 0.15) is 0 Å². The molecule has 0 aliphatic carbocycles. The maximum Gasteiger partial charge on any atom is 0.0530 e. The lowest BCUT2D eigenvalue weighted by Crippen LogP contribution is -2.30. The van der Waals surface area contributed by atoms with Crippen molar-refractivity contribution in [1.29, 1.82) is 0 Å². The van der Waals surface area contributed by atoms with Gasteiger partial charge < -0.3 is 0 Å². The molecule has 0 spiro atoms. The molecule has 0 unspecified atom stereocenters. The van der Waals surface area contributed by atoms with Crippen molar-refractivity contribution in [3.05, 3.63) is 12.2 Å². The van der Waals surface area contributed by atoms with Crippen molar-refractivity contribution in [3.8, 4) is 0 Å². The van der Waals surface area contributed by atoms with Crippen LogP contribution < -0.4 is 0 Å². The molecule has 17 heavy (non-hydrogen) atoms. The Morgan fingerprint density at radius 3 is 1.88 bits per heavy atom. The molecule has 0 bridgehead atoms. The van der Waals surface area contributed by atoms with Gasteiger partial charge >= 0.3 is 0 Å². The fourth-order valence-corrected chi connectivity index (χ4v) is 6.09. The number of unbranched alkanes of at least 4 members (excludes halogenated alkanes) is 3. The zero-order valence-corrected chi connectivity index (χ0v) is 13.8. The predicted octanol–water partition coefficient (Wildman–Crippen LogP) is 6.41. The molecule has 0 saturated heterocycles. The van der Waals surface area contributed by atoms with Crippen LogP contribution in [0.3, 0.4) is 0 Å². The second kappa shape index (κ2) is 9.93. The summed E-state index contributed by atoms with van der Waals surface area (Å²) in [5.74, 6) is 0. The third-order valence-corrected chi connectivity index (χ3v) is 10.5. The van der Waals surface area contributed by atoms with Crippen molar-refractivity contribution in [1.82, 2.24) is 0 Å². The largest absolute Gasteiger partial charge is 0.0999 e. The van der Waals surface area contributed by atoms with Gasteiger partial charge in [0.2, 0.25) is 0 Å². The second-order valence-electron chi connectivity index (χ2n) is 5.62. The van der Waals surface area contributed by atoms with Crippen molar-refractivity contribution in [2.45, 2.75) is 90.4 Å². The van der Waals surface area contributed by atoms with Crippen molar-refractivity contribution in [2.75, 3.05) is 0 Å². The Kier molecular flexibility index (Phi) is 9.91. The summed E-state index contributed by atoms with van der Waals surface area (Å²) >= 11 is 0. The minimum Gasteiger partial charge on any atom is -0.0999 e. The lowest BCUT2D eigenvalue weighted by Gasteiger charge is -2.28. The van der Waals surface area contributed by atoms with Crippen LogP contribution in [-0.2, 0) is 0 Å². The smallest absolute Gasteiger partial charge is 0.0530 e. The van der Waals surface area contributed by atoms with Crippen LogP contribution in [0.1, 0.15) is 66.2 Å². The molecule has 0 fully saturated rings. The van der Waals surface area contributed by atoms with Crippen LogP contribution in [0.4, 0.5) is 0 Å². The van der Waals surface area contributed by atoms with Crippen molar-refractivity contribution >= 4 is 8.07 Å². The van der Waals surface area contributed by atoms with Crippen molar-refractivity contribution in [2.24, 2.45) is 0 Å². The minimum atomic E-state index is -0.895. The fraction of sp³-hybridized carbons (Fsp3) is 0.875. The van der Waals surface area contributed by atoms with E-state index in [0.29, 0.717) is 0 Å². The lowest BCUT2D eigenvalue weighted by molar-refractivity contribution is 0.658. The van der Waals surface area contributed by atoms with E-state index in [1.165, 1.54) is 68.3 Å². The fourth-order valence-electron chi connectivity index (χ4n) is 2.65. The first kappa shape index (κ1) is 17.0. The van der Waals surface area contributed by atoms with E-state index in [4.69, 9.17) is 0 Å². The highest BCUT2D eigenvalue weighted by Gasteiger charge is 2.25. The van der Waals surface area contributed by atoms with E-state index in [2.05, 4.69) is 34.3 Å². The Hall–Kier alpha value is -0.0431. The maximum atomic E-state index is 4.28. The standard InChI is InChI=1S/C16H34Si/c1-6-10-11-12-13-16(5)14-15-17(7-2,8-3)9-4/h5-15H2,1-4H3. The molecule has 0 aromatic heterocycles. The highest BCUT2D eigenvalue weighted by atomic mass is 28.3. The molecular formula is C16H34Si. The van der Waals surface area contributed by atoms with Gasteiger partial charge in [0.05, 0.1) is 8.07 Å². The third kappa shape index (κ3) is 7.08. The summed E-state index contributed by atoms with van der Waals surface area (Å²) in [6.45, 7) is 13.8. The molecular weight excluding hydrogens is 220 g/mol. The summed E-state index contributed by atoms with van der Waals surface area (Å²) in [5.41, 5.74) is 1.52. The third-order valence-electron chi connectivity index (χ3n) is 4.64. The summed E-state index contributed by atoms with van der Waals surface area (Å²) < 4.78 is 0. The van der Waals surface area contributed by atoms with Crippen LogP contribution >= 0.6 is 0 Å². The van der Waals surface area contributed by atoms with Crippen molar-refractivity contribution < 1.29 is 0 Å². The first-order valence-corrected chi connectivity index (χ1v) is 10.6. The average molecular weight is 255 g/mol. The molecule has 0 rings (SSSR count). The molecule has 0 aromatic rings. The topological polar surface area (TPSA) is 0 Å². The summed E-state index contributed by atoms with van der Waals surface area (Å²) in [6.07, 6.45) is 8.09. The summed E-state index contributed by atoms with van der Waals surface area (Å²) in [5, 5.41) is 0. The van der Waals surface area contributed by atoms with Gasteiger partial charge in [0.15, 0.2) is 0 Å². The second-order valence-corrected chi connectivity index (χ2v) is 11.2. The first-order chi connectivity index (χ1) is 8.14. The van der Waals surface area contributed by atoms with E-state index in [0.717, 1.165) is 0 Å². The van der Waals surface area contributed by atoms with Crippen LogP contribution in [-0.4, -0.2) is 8.07 Å². The van der Waals surface area contributed by atoms with Gasteiger partial charge in [-0.05, 0) is 19.3 Å². The van der Waals surface area contributed by atoms with Gasteiger partial charge in [-0.2, -0.15) is 0 Å². The number of hydrogen-bond acceptors (Lipinski definition) is 0. The summed E-state index contributed by atoms with van der Waals surface area (Å²) in [7, 11) is -0.895. The predicted molar refractivity (Wildman–Crippen MR) is 84.5 cm³/mol. The van der Waals surface area contributed by atoms with Crippen molar-refractivity contribution in [3.63, 3.8) is 0 Å². The van der Waals surface area contributed by atoms with Gasteiger partial charge in [0, 0.05) is 0 Å². The van der Waals surface area contributed by atoms with Crippen LogP contribution in [0.15, 0.2) is 12.2 Å². The van der Waals surface area contributed by atoms with Crippen LogP contribution in [0.5, 0.6) is 0 Å². The number of rotatable bonds is 11. The van der Waals surface area contributed by atoms with Gasteiger partial charge in [-0.1, -0.05) is 83.3 Å². The minimum absolute atomic E-state index is 0.895. The zero-order chi connectivity index (χ0) is 13.1. The molecule has 0 nitrogen and oxygen atoms in total. The molecule has 102 valence electrons. The quantitative estimate of drug-likeness (QED) is 0.227. The number of allylic oxidation sites excluding steroid dienone is 1. The van der Waals surface area contributed by atoms with E-state index in [1.54, 1.807) is 0 Å². The molecule has 0 saturated carbocycles. The average Bonchev–Trinajstić information content (AvgIpc) is 2.37. The number of hydrogen-bond donors (Lipinski definition) is 0. The van der Waals surface area contributed by atoms with E-state index in [1.807, 2.05) is 0 Å². The maximum absolute atomic E-state index is 4.28. The molecule has 0 aromatic carbocycles. The normalized spacial score (nSPS) is 11.8. The molecule has 0 radical (unpaired) electrons. The summed E-state index contributed by atoms with van der Waals surface area (Å²) in [6, 6.07) is 5.87. The summed E-state index contributed by atoms with van der Waals surface area (Å²) in [4.78, 5) is 0. The lowest BCUT2D eigenvalue weighted by atomic mass is 10.1. The van der Waals surface area contributed by atoms with Gasteiger partial charge in [0.25, 0.3) is 0 Å². The molecule has 0 atom stereocenters. The molecule has 0 heterocycles. The molecule has 0 amide bonds.